The number of nitrogens with zero attached hydrogens (tertiary/aromatic N) is 1. The number of hydrogen-bond donors (Lipinski definition) is 3. The molecule has 5 nitrogen and oxygen atoms in total. The van der Waals surface area contributed by atoms with Crippen LogP contribution in [0.3, 0.4) is 0 Å². The average molecular weight is 270 g/mol. The van der Waals surface area contributed by atoms with E-state index in [2.05, 4.69) is 10.5 Å². The summed E-state index contributed by atoms with van der Waals surface area (Å²) < 4.78 is 0. The monoisotopic (exact) mass is 269 g/mol. The van der Waals surface area contributed by atoms with E-state index in [1.165, 1.54) is 0 Å². The molecule has 1 aromatic carbocycles. The molecule has 0 heterocycles. The largest absolute Gasteiger partial charge is 0.409 e. The number of nitrogens with two attached hydrogens (primary N) is 1. The number of amidine groups is 1. The Hall–Kier alpha value is -1.75. The van der Waals surface area contributed by atoms with Gasteiger partial charge in [-0.3, -0.25) is 4.79 Å². The highest BCUT2D eigenvalue weighted by Crippen LogP contribution is 2.23. The SMILES string of the molecule is Cc1ccc(Cl)cc1NC(=O)C(C)(C)C(N)=NO. The molecule has 18 heavy (non-hydrogen) atoms. The summed E-state index contributed by atoms with van der Waals surface area (Å²) in [5.74, 6) is -0.525. The lowest BCUT2D eigenvalue weighted by atomic mass is 9.90. The van der Waals surface area contributed by atoms with E-state index in [1.54, 1.807) is 32.0 Å². The third-order valence-corrected chi connectivity index (χ3v) is 3.00. The first-order valence-electron chi connectivity index (χ1n) is 5.34. The van der Waals surface area contributed by atoms with E-state index in [-0.39, 0.29) is 11.7 Å². The van der Waals surface area contributed by atoms with Crippen molar-refractivity contribution in [1.82, 2.24) is 0 Å². The first-order chi connectivity index (χ1) is 8.28. The summed E-state index contributed by atoms with van der Waals surface area (Å²) in [6.45, 7) is 4.98. The summed E-state index contributed by atoms with van der Waals surface area (Å²) >= 11 is 5.86. The Morgan fingerprint density at radius 3 is 2.67 bits per heavy atom. The molecule has 0 saturated heterocycles. The molecule has 4 N–H and O–H groups in total. The topological polar surface area (TPSA) is 87.7 Å². The molecule has 0 radical (unpaired) electrons. The summed E-state index contributed by atoms with van der Waals surface area (Å²) in [5.41, 5.74) is 5.86. The van der Waals surface area contributed by atoms with Gasteiger partial charge in [-0.15, -0.1) is 0 Å². The van der Waals surface area contributed by atoms with Crippen molar-refractivity contribution in [3.05, 3.63) is 28.8 Å². The molecule has 0 aliphatic rings. The fourth-order valence-corrected chi connectivity index (χ4v) is 1.42. The van der Waals surface area contributed by atoms with E-state index in [4.69, 9.17) is 22.5 Å². The summed E-state index contributed by atoms with van der Waals surface area (Å²) in [5, 5.41) is 14.8. The van der Waals surface area contributed by atoms with Gasteiger partial charge in [0.15, 0.2) is 5.84 Å². The molecule has 0 aliphatic carbocycles. The smallest absolute Gasteiger partial charge is 0.237 e. The maximum atomic E-state index is 12.1. The van der Waals surface area contributed by atoms with Crippen molar-refractivity contribution in [2.45, 2.75) is 20.8 Å². The Morgan fingerprint density at radius 2 is 2.11 bits per heavy atom. The molecule has 6 heteroatoms. The normalized spacial score (nSPS) is 12.3. The van der Waals surface area contributed by atoms with Crippen molar-refractivity contribution in [3.8, 4) is 0 Å². The zero-order valence-electron chi connectivity index (χ0n) is 10.5. The van der Waals surface area contributed by atoms with E-state index in [9.17, 15) is 4.79 Å². The molecule has 0 atom stereocenters. The fourth-order valence-electron chi connectivity index (χ4n) is 1.25. The number of carbonyl (C=O) groups is 1. The van der Waals surface area contributed by atoms with Crippen molar-refractivity contribution in [3.63, 3.8) is 0 Å². The number of carbonyl (C=O) groups excluding carboxylic acids is 1. The summed E-state index contributed by atoms with van der Waals surface area (Å²) in [7, 11) is 0. The number of hydrogen-bond acceptors (Lipinski definition) is 3. The van der Waals surface area contributed by atoms with Crippen LogP contribution in [0.15, 0.2) is 23.4 Å². The van der Waals surface area contributed by atoms with Gasteiger partial charge < -0.3 is 16.3 Å². The number of nitrogens with one attached hydrogen (secondary N) is 1. The predicted molar refractivity (Wildman–Crippen MR) is 72.0 cm³/mol. The molecule has 0 aliphatic heterocycles. The van der Waals surface area contributed by atoms with Crippen LogP contribution in [0, 0.1) is 12.3 Å². The van der Waals surface area contributed by atoms with Crippen molar-refractivity contribution < 1.29 is 10.0 Å². The van der Waals surface area contributed by atoms with Crippen LogP contribution in [0.1, 0.15) is 19.4 Å². The van der Waals surface area contributed by atoms with Crippen molar-refractivity contribution >= 4 is 29.0 Å². The second kappa shape index (κ2) is 5.27. The maximum Gasteiger partial charge on any atom is 0.237 e. The minimum atomic E-state index is -1.11. The van der Waals surface area contributed by atoms with Crippen LogP contribution in [-0.2, 0) is 4.79 Å². The number of amides is 1. The number of oxime groups is 1. The Labute approximate surface area is 111 Å². The van der Waals surface area contributed by atoms with Gasteiger partial charge in [0.25, 0.3) is 0 Å². The second-order valence-electron chi connectivity index (χ2n) is 4.52. The molecular weight excluding hydrogens is 254 g/mol. The van der Waals surface area contributed by atoms with Crippen molar-refractivity contribution in [2.24, 2.45) is 16.3 Å². The van der Waals surface area contributed by atoms with Crippen LogP contribution in [0.2, 0.25) is 5.02 Å². The molecule has 0 unspecified atom stereocenters. The summed E-state index contributed by atoms with van der Waals surface area (Å²) in [4.78, 5) is 12.1. The lowest BCUT2D eigenvalue weighted by Crippen LogP contribution is -2.42. The standard InChI is InChI=1S/C12H16ClN3O2/c1-7-4-5-8(13)6-9(7)15-11(17)12(2,3)10(14)16-18/h4-6,18H,1-3H3,(H2,14,16)(H,15,17). The molecular formula is C12H16ClN3O2. The minimum Gasteiger partial charge on any atom is -0.409 e. The predicted octanol–water partition coefficient (Wildman–Crippen LogP) is 2.36. The molecule has 0 aromatic heterocycles. The van der Waals surface area contributed by atoms with E-state index in [0.29, 0.717) is 10.7 Å². The maximum absolute atomic E-state index is 12.1. The number of rotatable bonds is 3. The zero-order valence-corrected chi connectivity index (χ0v) is 11.2. The van der Waals surface area contributed by atoms with Crippen LogP contribution in [0.4, 0.5) is 5.69 Å². The molecule has 0 fully saturated rings. The van der Waals surface area contributed by atoms with Gasteiger partial charge in [-0.25, -0.2) is 0 Å². The molecule has 1 aromatic rings. The first-order valence-corrected chi connectivity index (χ1v) is 5.72. The van der Waals surface area contributed by atoms with Gasteiger partial charge in [0.1, 0.15) is 5.41 Å². The van der Waals surface area contributed by atoms with Gasteiger partial charge in [-0.1, -0.05) is 22.8 Å². The van der Waals surface area contributed by atoms with Crippen LogP contribution in [-0.4, -0.2) is 17.0 Å². The van der Waals surface area contributed by atoms with Gasteiger partial charge in [-0.05, 0) is 38.5 Å². The first kappa shape index (κ1) is 14.3. The number of benzene rings is 1. The third-order valence-electron chi connectivity index (χ3n) is 2.76. The Balaban J connectivity index is 2.98. The Bertz CT molecular complexity index is 498. The number of anilines is 1. The lowest BCUT2D eigenvalue weighted by Gasteiger charge is -2.22. The van der Waals surface area contributed by atoms with Crippen LogP contribution < -0.4 is 11.1 Å². The van der Waals surface area contributed by atoms with Gasteiger partial charge in [0.05, 0.1) is 0 Å². The fraction of sp³-hybridized carbons (Fsp3) is 0.333. The molecule has 1 amide bonds. The number of halogens is 1. The van der Waals surface area contributed by atoms with Gasteiger partial charge in [-0.2, -0.15) is 0 Å². The number of aryl methyl sites for hydroxylation is 1. The van der Waals surface area contributed by atoms with Gasteiger partial charge >= 0.3 is 0 Å². The second-order valence-corrected chi connectivity index (χ2v) is 4.96. The van der Waals surface area contributed by atoms with E-state index < -0.39 is 5.41 Å². The molecule has 0 spiro atoms. The molecule has 1 rings (SSSR count). The third kappa shape index (κ3) is 2.92. The van der Waals surface area contributed by atoms with E-state index in [1.807, 2.05) is 6.92 Å². The summed E-state index contributed by atoms with van der Waals surface area (Å²) in [6, 6.07) is 5.19. The Kier molecular flexibility index (Phi) is 4.19. The average Bonchev–Trinajstić information content (AvgIpc) is 2.32. The van der Waals surface area contributed by atoms with Gasteiger partial charge in [0.2, 0.25) is 5.91 Å². The molecule has 0 saturated carbocycles. The van der Waals surface area contributed by atoms with Crippen LogP contribution >= 0.6 is 11.6 Å². The van der Waals surface area contributed by atoms with E-state index in [0.717, 1.165) is 5.56 Å². The van der Waals surface area contributed by atoms with E-state index >= 15 is 0 Å². The Morgan fingerprint density at radius 1 is 1.50 bits per heavy atom. The van der Waals surface area contributed by atoms with Crippen molar-refractivity contribution in [2.75, 3.05) is 5.32 Å². The quantitative estimate of drug-likeness (QED) is 0.341. The highest BCUT2D eigenvalue weighted by atomic mass is 35.5. The molecule has 0 bridgehead atoms. The summed E-state index contributed by atoms with van der Waals surface area (Å²) in [6.07, 6.45) is 0. The van der Waals surface area contributed by atoms with Gasteiger partial charge in [0, 0.05) is 10.7 Å². The zero-order chi connectivity index (χ0) is 13.9. The van der Waals surface area contributed by atoms with Crippen LogP contribution in [0.25, 0.3) is 0 Å². The lowest BCUT2D eigenvalue weighted by molar-refractivity contribution is -0.121. The highest BCUT2D eigenvalue weighted by Gasteiger charge is 2.33. The van der Waals surface area contributed by atoms with Crippen LogP contribution in [0.5, 0.6) is 0 Å². The minimum absolute atomic E-state index is 0.153. The van der Waals surface area contributed by atoms with Crippen molar-refractivity contribution in [1.29, 1.82) is 0 Å². The highest BCUT2D eigenvalue weighted by molar-refractivity contribution is 6.31. The molecule has 98 valence electrons.